The summed E-state index contributed by atoms with van der Waals surface area (Å²) in [6.07, 6.45) is 6.87. The lowest BCUT2D eigenvalue weighted by Crippen LogP contribution is -2.51. The van der Waals surface area contributed by atoms with E-state index in [0.717, 1.165) is 38.0 Å². The van der Waals surface area contributed by atoms with Crippen molar-refractivity contribution in [1.29, 1.82) is 0 Å². The first-order valence-electron chi connectivity index (χ1n) is 11.5. The third kappa shape index (κ3) is 3.88. The number of hydrogen-bond acceptors (Lipinski definition) is 3. The van der Waals surface area contributed by atoms with E-state index in [4.69, 9.17) is 0 Å². The minimum absolute atomic E-state index is 0.170. The summed E-state index contributed by atoms with van der Waals surface area (Å²) in [7, 11) is 0. The van der Waals surface area contributed by atoms with Crippen molar-refractivity contribution in [3.05, 3.63) is 30.3 Å². The molecule has 156 valence electrons. The molecule has 1 N–H and O–H groups in total. The van der Waals surface area contributed by atoms with Crippen molar-refractivity contribution >= 4 is 17.5 Å². The number of rotatable bonds is 5. The van der Waals surface area contributed by atoms with E-state index in [1.807, 2.05) is 11.0 Å². The number of nitrogens with one attached hydrogen (secondary N) is 1. The second kappa shape index (κ2) is 8.00. The highest BCUT2D eigenvalue weighted by Gasteiger charge is 2.50. The van der Waals surface area contributed by atoms with E-state index in [1.54, 1.807) is 0 Å². The number of anilines is 1. The van der Waals surface area contributed by atoms with Gasteiger partial charge in [-0.05, 0) is 67.9 Å². The summed E-state index contributed by atoms with van der Waals surface area (Å²) in [6, 6.07) is 10.4. The van der Waals surface area contributed by atoms with E-state index >= 15 is 0 Å². The first kappa shape index (κ1) is 19.0. The molecule has 5 fully saturated rings. The van der Waals surface area contributed by atoms with E-state index in [-0.39, 0.29) is 17.7 Å². The van der Waals surface area contributed by atoms with Crippen molar-refractivity contribution in [2.45, 2.75) is 38.5 Å². The van der Waals surface area contributed by atoms with Gasteiger partial charge in [-0.25, -0.2) is 0 Å². The van der Waals surface area contributed by atoms with Crippen LogP contribution in [0.1, 0.15) is 38.5 Å². The third-order valence-electron chi connectivity index (χ3n) is 7.92. The van der Waals surface area contributed by atoms with Crippen molar-refractivity contribution in [1.82, 2.24) is 10.2 Å². The summed E-state index contributed by atoms with van der Waals surface area (Å²) in [5.41, 5.74) is 1.22. The maximum Gasteiger partial charge on any atom is 0.224 e. The van der Waals surface area contributed by atoms with E-state index < -0.39 is 0 Å². The molecule has 5 nitrogen and oxygen atoms in total. The van der Waals surface area contributed by atoms with Gasteiger partial charge in [-0.1, -0.05) is 18.2 Å². The topological polar surface area (TPSA) is 52.7 Å². The molecule has 0 aromatic heterocycles. The Morgan fingerprint density at radius 2 is 1.48 bits per heavy atom. The number of carbonyl (C=O) groups is 2. The van der Waals surface area contributed by atoms with Crippen LogP contribution in [0.4, 0.5) is 5.69 Å². The predicted molar refractivity (Wildman–Crippen MR) is 113 cm³/mol. The standard InChI is InChI=1S/C24H33N3O2/c28-22(27-10-8-26(9-11-27)21-4-2-1-3-5-21)6-7-25-24(29)23-19-13-17-12-18(15-19)16-20(23)14-17/h1-5,17-20,23H,6-16H2,(H,25,29). The van der Waals surface area contributed by atoms with Crippen molar-refractivity contribution in [3.8, 4) is 0 Å². The number of carbonyl (C=O) groups excluding carboxylic acids is 2. The van der Waals surface area contributed by atoms with Crippen LogP contribution in [-0.2, 0) is 9.59 Å². The first-order valence-corrected chi connectivity index (χ1v) is 11.5. The molecule has 0 atom stereocenters. The molecule has 4 bridgehead atoms. The van der Waals surface area contributed by atoms with Crippen LogP contribution < -0.4 is 10.2 Å². The quantitative estimate of drug-likeness (QED) is 0.834. The Hall–Kier alpha value is -2.04. The van der Waals surface area contributed by atoms with Gasteiger partial charge in [0.2, 0.25) is 11.8 Å². The molecule has 2 amide bonds. The number of hydrogen-bond donors (Lipinski definition) is 1. The van der Waals surface area contributed by atoms with Crippen LogP contribution >= 0.6 is 0 Å². The summed E-state index contributed by atoms with van der Waals surface area (Å²) in [6.45, 7) is 3.75. The average molecular weight is 396 g/mol. The van der Waals surface area contributed by atoms with Crippen LogP contribution in [-0.4, -0.2) is 49.4 Å². The molecule has 1 saturated heterocycles. The zero-order chi connectivity index (χ0) is 19.8. The molecule has 5 heteroatoms. The Kier molecular flexibility index (Phi) is 5.23. The molecule has 0 spiro atoms. The summed E-state index contributed by atoms with van der Waals surface area (Å²) >= 11 is 0. The lowest BCUT2D eigenvalue weighted by Gasteiger charge is -2.53. The van der Waals surface area contributed by atoms with E-state index in [1.165, 1.54) is 37.8 Å². The summed E-state index contributed by atoms with van der Waals surface area (Å²) in [4.78, 5) is 29.7. The smallest absolute Gasteiger partial charge is 0.224 e. The van der Waals surface area contributed by atoms with Crippen molar-refractivity contribution in [2.75, 3.05) is 37.6 Å². The van der Waals surface area contributed by atoms with Crippen molar-refractivity contribution in [2.24, 2.45) is 29.6 Å². The first-order chi connectivity index (χ1) is 14.2. The molecule has 1 heterocycles. The highest BCUT2D eigenvalue weighted by Crippen LogP contribution is 2.56. The minimum atomic E-state index is 0.170. The van der Waals surface area contributed by atoms with Crippen LogP contribution in [0.5, 0.6) is 0 Å². The van der Waals surface area contributed by atoms with Gasteiger partial charge in [0.25, 0.3) is 0 Å². The highest BCUT2D eigenvalue weighted by molar-refractivity contribution is 5.81. The van der Waals surface area contributed by atoms with Gasteiger partial charge in [0, 0.05) is 50.7 Å². The molecule has 5 aliphatic rings. The lowest BCUT2D eigenvalue weighted by atomic mass is 9.51. The number of piperazine rings is 1. The number of amides is 2. The van der Waals surface area contributed by atoms with Crippen molar-refractivity contribution < 1.29 is 9.59 Å². The zero-order valence-electron chi connectivity index (χ0n) is 17.3. The second-order valence-electron chi connectivity index (χ2n) is 9.70. The Morgan fingerprint density at radius 3 is 2.10 bits per heavy atom. The average Bonchev–Trinajstić information content (AvgIpc) is 2.74. The molecule has 4 aliphatic carbocycles. The minimum Gasteiger partial charge on any atom is -0.368 e. The molecule has 1 aliphatic heterocycles. The highest BCUT2D eigenvalue weighted by atomic mass is 16.2. The van der Waals surface area contributed by atoms with Gasteiger partial charge in [0.1, 0.15) is 0 Å². The van der Waals surface area contributed by atoms with Gasteiger partial charge in [-0.2, -0.15) is 0 Å². The van der Waals surface area contributed by atoms with E-state index in [0.29, 0.717) is 24.8 Å². The molecule has 29 heavy (non-hydrogen) atoms. The fourth-order valence-corrected chi connectivity index (χ4v) is 6.77. The maximum absolute atomic E-state index is 12.8. The Bertz CT molecular complexity index is 714. The molecular weight excluding hydrogens is 362 g/mol. The normalized spacial score (nSPS) is 33.0. The van der Waals surface area contributed by atoms with Crippen LogP contribution in [0.2, 0.25) is 0 Å². The van der Waals surface area contributed by atoms with Gasteiger partial charge in [0.15, 0.2) is 0 Å². The molecule has 4 saturated carbocycles. The van der Waals surface area contributed by atoms with Gasteiger partial charge in [-0.3, -0.25) is 9.59 Å². The third-order valence-corrected chi connectivity index (χ3v) is 7.92. The van der Waals surface area contributed by atoms with Gasteiger partial charge in [-0.15, -0.1) is 0 Å². The van der Waals surface area contributed by atoms with Crippen LogP contribution in [0.25, 0.3) is 0 Å². The monoisotopic (exact) mass is 395 g/mol. The molecule has 1 aromatic rings. The fraction of sp³-hybridized carbons (Fsp3) is 0.667. The molecule has 0 unspecified atom stereocenters. The molecule has 6 rings (SSSR count). The predicted octanol–water partition coefficient (Wildman–Crippen LogP) is 2.91. The molecular formula is C24H33N3O2. The van der Waals surface area contributed by atoms with Crippen molar-refractivity contribution in [3.63, 3.8) is 0 Å². The largest absolute Gasteiger partial charge is 0.368 e. The van der Waals surface area contributed by atoms with Crippen LogP contribution in [0, 0.1) is 29.6 Å². The van der Waals surface area contributed by atoms with Crippen LogP contribution in [0.15, 0.2) is 30.3 Å². The van der Waals surface area contributed by atoms with Gasteiger partial charge < -0.3 is 15.1 Å². The van der Waals surface area contributed by atoms with E-state index in [9.17, 15) is 9.59 Å². The Balaban J connectivity index is 1.06. The number of nitrogens with zero attached hydrogens (tertiary/aromatic N) is 2. The second-order valence-corrected chi connectivity index (χ2v) is 9.70. The Morgan fingerprint density at radius 1 is 0.862 bits per heavy atom. The molecule has 0 radical (unpaired) electrons. The molecule has 1 aromatic carbocycles. The number of para-hydroxylation sites is 1. The lowest BCUT2D eigenvalue weighted by molar-refractivity contribution is -0.138. The van der Waals surface area contributed by atoms with Crippen LogP contribution in [0.3, 0.4) is 0 Å². The summed E-state index contributed by atoms with van der Waals surface area (Å²) in [5, 5.41) is 3.12. The SMILES string of the molecule is O=C(NCCC(=O)N1CCN(c2ccccc2)CC1)C1C2CC3CC(C2)CC1C3. The van der Waals surface area contributed by atoms with Gasteiger partial charge >= 0.3 is 0 Å². The maximum atomic E-state index is 12.8. The number of benzene rings is 1. The fourth-order valence-electron chi connectivity index (χ4n) is 6.77. The Labute approximate surface area is 173 Å². The zero-order valence-corrected chi connectivity index (χ0v) is 17.3. The summed E-state index contributed by atoms with van der Waals surface area (Å²) in [5.74, 6) is 3.59. The van der Waals surface area contributed by atoms with Gasteiger partial charge in [0.05, 0.1) is 0 Å². The van der Waals surface area contributed by atoms with E-state index in [2.05, 4.69) is 34.5 Å². The summed E-state index contributed by atoms with van der Waals surface area (Å²) < 4.78 is 0.